The summed E-state index contributed by atoms with van der Waals surface area (Å²) in [5, 5.41) is 3.43. The van der Waals surface area contributed by atoms with Gasteiger partial charge in [0, 0.05) is 24.2 Å². The molecule has 0 fully saturated rings. The maximum Gasteiger partial charge on any atom is 0.244 e. The normalized spacial score (nSPS) is 11.9. The number of ether oxygens (including phenoxy) is 2. The second-order valence-corrected chi connectivity index (χ2v) is 10.9. The van der Waals surface area contributed by atoms with Crippen molar-refractivity contribution in [3.8, 4) is 11.5 Å². The van der Waals surface area contributed by atoms with Crippen LogP contribution < -0.4 is 19.1 Å². The summed E-state index contributed by atoms with van der Waals surface area (Å²) in [5.74, 6) is -0.118. The number of methoxy groups -OCH3 is 2. The number of hydrogen-bond acceptors (Lipinski definition) is 6. The lowest BCUT2D eigenvalue weighted by Crippen LogP contribution is -2.52. The highest BCUT2D eigenvalue weighted by Gasteiger charge is 2.32. The van der Waals surface area contributed by atoms with Gasteiger partial charge in [0.1, 0.15) is 24.1 Å². The third kappa shape index (κ3) is 8.53. The zero-order chi connectivity index (χ0) is 27.6. The third-order valence-corrected chi connectivity index (χ3v) is 7.19. The number of carbonyl (C=O) groups is 2. The number of hydrogen-bond donors (Lipinski definition) is 1. The Labute approximate surface area is 224 Å². The number of anilines is 1. The van der Waals surface area contributed by atoms with E-state index in [1.165, 1.54) is 25.2 Å². The van der Waals surface area contributed by atoms with E-state index in [0.717, 1.165) is 29.0 Å². The largest absolute Gasteiger partial charge is 0.497 e. The van der Waals surface area contributed by atoms with Crippen LogP contribution in [0.3, 0.4) is 0 Å². The first-order chi connectivity index (χ1) is 17.5. The standard InChI is InChI=1S/C26H36ClN3O6S/c1-6-8-15-28-26(32)22(7-2)29(17-19-9-11-20(27)12-10-19)25(31)18-30(37(5,33)34)23-14-13-21(35-3)16-24(23)36-4/h9-14,16,22H,6-8,15,17-18H2,1-5H3,(H,28,32)/t22-/m0/s1. The van der Waals surface area contributed by atoms with Crippen LogP contribution in [0.1, 0.15) is 38.7 Å². The molecule has 204 valence electrons. The molecule has 37 heavy (non-hydrogen) atoms. The van der Waals surface area contributed by atoms with Gasteiger partial charge in [0.05, 0.1) is 26.2 Å². The van der Waals surface area contributed by atoms with Gasteiger partial charge in [-0.25, -0.2) is 8.42 Å². The first-order valence-electron chi connectivity index (χ1n) is 12.1. The van der Waals surface area contributed by atoms with Crippen molar-refractivity contribution in [1.29, 1.82) is 0 Å². The summed E-state index contributed by atoms with van der Waals surface area (Å²) in [6, 6.07) is 10.8. The topological polar surface area (TPSA) is 105 Å². The minimum atomic E-state index is -3.90. The summed E-state index contributed by atoms with van der Waals surface area (Å²) >= 11 is 6.02. The number of nitrogens with zero attached hydrogens (tertiary/aromatic N) is 2. The summed E-state index contributed by atoms with van der Waals surface area (Å²) in [4.78, 5) is 28.2. The molecule has 9 nitrogen and oxygen atoms in total. The minimum absolute atomic E-state index is 0.104. The first-order valence-corrected chi connectivity index (χ1v) is 14.3. The molecule has 2 aromatic carbocycles. The summed E-state index contributed by atoms with van der Waals surface area (Å²) in [5.41, 5.74) is 0.941. The van der Waals surface area contributed by atoms with Gasteiger partial charge in [-0.1, -0.05) is 44.0 Å². The van der Waals surface area contributed by atoms with E-state index >= 15 is 0 Å². The van der Waals surface area contributed by atoms with Crippen LogP contribution in [0, 0.1) is 0 Å². The predicted octanol–water partition coefficient (Wildman–Crippen LogP) is 3.85. The second-order valence-electron chi connectivity index (χ2n) is 8.52. The van der Waals surface area contributed by atoms with Gasteiger partial charge in [-0.3, -0.25) is 13.9 Å². The highest BCUT2D eigenvalue weighted by atomic mass is 35.5. The Morgan fingerprint density at radius 3 is 2.27 bits per heavy atom. The Balaban J connectivity index is 2.46. The molecule has 0 saturated carbocycles. The van der Waals surface area contributed by atoms with Crippen LogP contribution in [0.2, 0.25) is 5.02 Å². The SMILES string of the molecule is CCCCNC(=O)[C@H](CC)N(Cc1ccc(Cl)cc1)C(=O)CN(c1ccc(OC)cc1OC)S(C)(=O)=O. The fourth-order valence-electron chi connectivity index (χ4n) is 3.80. The molecule has 0 aromatic heterocycles. The van der Waals surface area contributed by atoms with Crippen molar-refractivity contribution < 1.29 is 27.5 Å². The summed E-state index contributed by atoms with van der Waals surface area (Å²) in [6.07, 6.45) is 3.09. The number of nitrogens with one attached hydrogen (secondary N) is 1. The Morgan fingerprint density at radius 2 is 1.73 bits per heavy atom. The third-order valence-electron chi connectivity index (χ3n) is 5.82. The average Bonchev–Trinajstić information content (AvgIpc) is 2.87. The highest BCUT2D eigenvalue weighted by Crippen LogP contribution is 2.33. The molecule has 2 aromatic rings. The second kappa shape index (κ2) is 14.1. The Bertz CT molecular complexity index is 1160. The van der Waals surface area contributed by atoms with Gasteiger partial charge in [0.2, 0.25) is 21.8 Å². The maximum atomic E-state index is 13.8. The quantitative estimate of drug-likeness (QED) is 0.356. The molecule has 0 aliphatic carbocycles. The fraction of sp³-hybridized carbons (Fsp3) is 0.462. The zero-order valence-electron chi connectivity index (χ0n) is 22.0. The molecule has 1 N–H and O–H groups in total. The van der Waals surface area contributed by atoms with Crippen molar-refractivity contribution in [2.24, 2.45) is 0 Å². The first kappa shape index (κ1) is 30.2. The van der Waals surface area contributed by atoms with Crippen molar-refractivity contribution in [2.45, 2.75) is 45.7 Å². The van der Waals surface area contributed by atoms with E-state index in [2.05, 4.69) is 5.32 Å². The molecule has 2 amide bonds. The summed E-state index contributed by atoms with van der Waals surface area (Å²) in [6.45, 7) is 3.91. The van der Waals surface area contributed by atoms with Crippen LogP contribution in [0.15, 0.2) is 42.5 Å². The van der Waals surface area contributed by atoms with E-state index in [-0.39, 0.29) is 23.9 Å². The van der Waals surface area contributed by atoms with Gasteiger partial charge < -0.3 is 19.7 Å². The molecule has 11 heteroatoms. The van der Waals surface area contributed by atoms with Gasteiger partial charge in [-0.15, -0.1) is 0 Å². The average molecular weight is 554 g/mol. The predicted molar refractivity (Wildman–Crippen MR) is 146 cm³/mol. The number of halogens is 1. The number of amides is 2. The van der Waals surface area contributed by atoms with Gasteiger partial charge in [0.15, 0.2) is 0 Å². The molecule has 0 bridgehead atoms. The number of unbranched alkanes of at least 4 members (excludes halogenated alkanes) is 1. The monoisotopic (exact) mass is 553 g/mol. The Kier molecular flexibility index (Phi) is 11.5. The molecule has 0 aliphatic rings. The van der Waals surface area contributed by atoms with Crippen LogP contribution >= 0.6 is 11.6 Å². The van der Waals surface area contributed by atoms with Crippen molar-refractivity contribution >= 4 is 39.1 Å². The molecule has 0 spiro atoms. The molecule has 0 unspecified atom stereocenters. The van der Waals surface area contributed by atoms with E-state index < -0.39 is 28.5 Å². The van der Waals surface area contributed by atoms with E-state index in [4.69, 9.17) is 21.1 Å². The summed E-state index contributed by atoms with van der Waals surface area (Å²) in [7, 11) is -1.01. The van der Waals surface area contributed by atoms with Gasteiger partial charge in [0.25, 0.3) is 0 Å². The minimum Gasteiger partial charge on any atom is -0.497 e. The van der Waals surface area contributed by atoms with Crippen LogP contribution in [0.5, 0.6) is 11.5 Å². The Morgan fingerprint density at radius 1 is 1.05 bits per heavy atom. The van der Waals surface area contributed by atoms with Crippen LogP contribution in [-0.4, -0.2) is 64.7 Å². The molecule has 0 heterocycles. The fourth-order valence-corrected chi connectivity index (χ4v) is 4.78. The highest BCUT2D eigenvalue weighted by molar-refractivity contribution is 7.92. The van der Waals surface area contributed by atoms with Gasteiger partial charge in [-0.2, -0.15) is 0 Å². The van der Waals surface area contributed by atoms with E-state index in [9.17, 15) is 18.0 Å². The van der Waals surface area contributed by atoms with Crippen LogP contribution in [0.25, 0.3) is 0 Å². The number of sulfonamides is 1. The lowest BCUT2D eigenvalue weighted by molar-refractivity contribution is -0.140. The number of carbonyl (C=O) groups excluding carboxylic acids is 2. The molecule has 1 atom stereocenters. The van der Waals surface area contributed by atoms with Gasteiger partial charge in [-0.05, 0) is 42.7 Å². The number of benzene rings is 2. The summed E-state index contributed by atoms with van der Waals surface area (Å²) < 4.78 is 37.2. The Hall–Kier alpha value is -2.98. The van der Waals surface area contributed by atoms with Crippen LogP contribution in [0.4, 0.5) is 5.69 Å². The molecule has 0 saturated heterocycles. The van der Waals surface area contributed by atoms with Crippen LogP contribution in [-0.2, 0) is 26.2 Å². The maximum absolute atomic E-state index is 13.8. The zero-order valence-corrected chi connectivity index (χ0v) is 23.6. The van der Waals surface area contributed by atoms with Crippen molar-refractivity contribution in [2.75, 3.05) is 37.9 Å². The van der Waals surface area contributed by atoms with Crippen molar-refractivity contribution in [3.05, 3.63) is 53.1 Å². The molecule has 2 rings (SSSR count). The van der Waals surface area contributed by atoms with Gasteiger partial charge >= 0.3 is 0 Å². The van der Waals surface area contributed by atoms with E-state index in [1.807, 2.05) is 13.8 Å². The lowest BCUT2D eigenvalue weighted by atomic mass is 10.1. The van der Waals surface area contributed by atoms with E-state index in [1.54, 1.807) is 36.4 Å². The molecular formula is C26H36ClN3O6S. The van der Waals surface area contributed by atoms with Crippen molar-refractivity contribution in [3.63, 3.8) is 0 Å². The number of rotatable bonds is 14. The smallest absolute Gasteiger partial charge is 0.244 e. The lowest BCUT2D eigenvalue weighted by Gasteiger charge is -2.33. The van der Waals surface area contributed by atoms with Crippen molar-refractivity contribution in [1.82, 2.24) is 10.2 Å². The molecule has 0 radical (unpaired) electrons. The van der Waals surface area contributed by atoms with E-state index in [0.29, 0.717) is 23.7 Å². The molecule has 0 aliphatic heterocycles. The molecular weight excluding hydrogens is 518 g/mol.